The van der Waals surface area contributed by atoms with Gasteiger partial charge in [-0.05, 0) is 19.1 Å². The summed E-state index contributed by atoms with van der Waals surface area (Å²) in [4.78, 5) is 10.8. The van der Waals surface area contributed by atoms with Gasteiger partial charge in [0.1, 0.15) is 17.1 Å². The van der Waals surface area contributed by atoms with Gasteiger partial charge in [0.15, 0.2) is 6.10 Å². The lowest BCUT2D eigenvalue weighted by Crippen LogP contribution is -2.10. The molecule has 0 bridgehead atoms. The third kappa shape index (κ3) is 1.85. The van der Waals surface area contributed by atoms with E-state index in [9.17, 15) is 9.90 Å². The molecule has 0 fully saturated rings. The zero-order valence-electron chi connectivity index (χ0n) is 9.43. The molecule has 0 aliphatic heterocycles. The molecular weight excluding hydrogens is 224 g/mol. The Morgan fingerprint density at radius 3 is 2.76 bits per heavy atom. The summed E-state index contributed by atoms with van der Waals surface area (Å²) < 4.78 is 10.5. The quantitative estimate of drug-likeness (QED) is 0.850. The van der Waals surface area contributed by atoms with E-state index in [2.05, 4.69) is 0 Å². The minimum absolute atomic E-state index is 0.287. The predicted molar refractivity (Wildman–Crippen MR) is 60.1 cm³/mol. The van der Waals surface area contributed by atoms with Crippen molar-refractivity contribution in [2.45, 2.75) is 13.0 Å². The van der Waals surface area contributed by atoms with Crippen LogP contribution in [0.15, 0.2) is 22.6 Å². The van der Waals surface area contributed by atoms with Gasteiger partial charge >= 0.3 is 5.97 Å². The number of aliphatic hydroxyl groups excluding tert-OH is 1. The van der Waals surface area contributed by atoms with E-state index >= 15 is 0 Å². The van der Waals surface area contributed by atoms with Crippen molar-refractivity contribution in [3.05, 3.63) is 29.5 Å². The standard InChI is InChI=1S/C12H12O5/c1-6-10(11(13)12(14)15)8-4-3-7(16-2)5-9(8)17-6/h3-5,11,13H,1-2H3,(H,14,15). The number of methoxy groups -OCH3 is 1. The molecule has 1 atom stereocenters. The van der Waals surface area contributed by atoms with Crippen LogP contribution in [0.25, 0.3) is 11.0 Å². The number of aliphatic carboxylic acids is 1. The molecule has 0 saturated carbocycles. The number of carbonyl (C=O) groups is 1. The lowest BCUT2D eigenvalue weighted by Gasteiger charge is -2.04. The molecule has 1 heterocycles. The maximum absolute atomic E-state index is 10.8. The van der Waals surface area contributed by atoms with Crippen LogP contribution in [0.2, 0.25) is 0 Å². The van der Waals surface area contributed by atoms with Crippen LogP contribution >= 0.6 is 0 Å². The van der Waals surface area contributed by atoms with Crippen LogP contribution in [0.3, 0.4) is 0 Å². The summed E-state index contributed by atoms with van der Waals surface area (Å²) in [6.07, 6.45) is -1.58. The lowest BCUT2D eigenvalue weighted by atomic mass is 10.1. The predicted octanol–water partition coefficient (Wildman–Crippen LogP) is 1.87. The maximum atomic E-state index is 10.8. The highest BCUT2D eigenvalue weighted by atomic mass is 16.5. The van der Waals surface area contributed by atoms with Gasteiger partial charge in [-0.1, -0.05) is 0 Å². The van der Waals surface area contributed by atoms with Crippen molar-refractivity contribution >= 4 is 16.9 Å². The van der Waals surface area contributed by atoms with Gasteiger partial charge in [-0.3, -0.25) is 0 Å². The molecule has 0 amide bonds. The first-order valence-corrected chi connectivity index (χ1v) is 5.02. The Hall–Kier alpha value is -2.01. The molecule has 1 aromatic carbocycles. The third-order valence-electron chi connectivity index (χ3n) is 2.63. The Bertz CT molecular complexity index is 570. The molecule has 2 aromatic rings. The highest BCUT2D eigenvalue weighted by Gasteiger charge is 2.24. The summed E-state index contributed by atoms with van der Waals surface area (Å²) >= 11 is 0. The van der Waals surface area contributed by atoms with Crippen molar-refractivity contribution < 1.29 is 24.2 Å². The van der Waals surface area contributed by atoms with Crippen LogP contribution in [0.1, 0.15) is 17.4 Å². The van der Waals surface area contributed by atoms with Crippen LogP contribution in [0.4, 0.5) is 0 Å². The molecule has 0 aliphatic carbocycles. The number of aliphatic hydroxyl groups is 1. The molecule has 17 heavy (non-hydrogen) atoms. The summed E-state index contributed by atoms with van der Waals surface area (Å²) in [5, 5.41) is 19.0. The molecule has 5 heteroatoms. The Balaban J connectivity index is 2.64. The number of hydrogen-bond acceptors (Lipinski definition) is 4. The Labute approximate surface area is 97.2 Å². The third-order valence-corrected chi connectivity index (χ3v) is 2.63. The van der Waals surface area contributed by atoms with Crippen molar-refractivity contribution in [2.75, 3.05) is 7.11 Å². The van der Waals surface area contributed by atoms with Crippen molar-refractivity contribution in [1.82, 2.24) is 0 Å². The van der Waals surface area contributed by atoms with Gasteiger partial charge in [-0.25, -0.2) is 4.79 Å². The van der Waals surface area contributed by atoms with Crippen LogP contribution < -0.4 is 4.74 Å². The van der Waals surface area contributed by atoms with E-state index < -0.39 is 12.1 Å². The molecule has 0 saturated heterocycles. The Morgan fingerprint density at radius 1 is 1.47 bits per heavy atom. The van der Waals surface area contributed by atoms with E-state index in [0.717, 1.165) is 0 Å². The smallest absolute Gasteiger partial charge is 0.337 e. The monoisotopic (exact) mass is 236 g/mol. The minimum Gasteiger partial charge on any atom is -0.497 e. The summed E-state index contributed by atoms with van der Waals surface area (Å²) in [5.74, 6) is -0.294. The number of hydrogen-bond donors (Lipinski definition) is 2. The number of benzene rings is 1. The summed E-state index contributed by atoms with van der Waals surface area (Å²) in [7, 11) is 1.53. The number of carboxylic acids is 1. The highest BCUT2D eigenvalue weighted by Crippen LogP contribution is 2.32. The molecule has 5 nitrogen and oxygen atoms in total. The fraction of sp³-hybridized carbons (Fsp3) is 0.250. The zero-order chi connectivity index (χ0) is 12.6. The van der Waals surface area contributed by atoms with Crippen molar-refractivity contribution in [2.24, 2.45) is 0 Å². The molecule has 2 rings (SSSR count). The first-order valence-electron chi connectivity index (χ1n) is 5.02. The zero-order valence-corrected chi connectivity index (χ0v) is 9.43. The van der Waals surface area contributed by atoms with E-state index in [4.69, 9.17) is 14.3 Å². The second kappa shape index (κ2) is 4.10. The van der Waals surface area contributed by atoms with Gasteiger partial charge in [0.05, 0.1) is 7.11 Å². The van der Waals surface area contributed by atoms with Crippen molar-refractivity contribution in [1.29, 1.82) is 0 Å². The second-order valence-corrected chi connectivity index (χ2v) is 3.67. The van der Waals surface area contributed by atoms with Crippen LogP contribution in [0.5, 0.6) is 5.75 Å². The van der Waals surface area contributed by atoms with E-state index in [0.29, 0.717) is 22.5 Å². The van der Waals surface area contributed by atoms with Crippen molar-refractivity contribution in [3.63, 3.8) is 0 Å². The number of fused-ring (bicyclic) bond motifs is 1. The molecule has 2 N–H and O–H groups in total. The van der Waals surface area contributed by atoms with Crippen LogP contribution in [-0.2, 0) is 4.79 Å². The Morgan fingerprint density at radius 2 is 2.18 bits per heavy atom. The molecular formula is C12H12O5. The molecule has 0 spiro atoms. The number of carboxylic acid groups (broad SMARTS) is 1. The molecule has 1 unspecified atom stereocenters. The highest BCUT2D eigenvalue weighted by molar-refractivity contribution is 5.88. The van der Waals surface area contributed by atoms with E-state index in [1.165, 1.54) is 7.11 Å². The number of furan rings is 1. The second-order valence-electron chi connectivity index (χ2n) is 3.67. The molecule has 0 radical (unpaired) electrons. The largest absolute Gasteiger partial charge is 0.497 e. The number of ether oxygens (including phenoxy) is 1. The topological polar surface area (TPSA) is 79.9 Å². The van der Waals surface area contributed by atoms with Gasteiger partial charge in [0.25, 0.3) is 0 Å². The first kappa shape index (κ1) is 11.5. The summed E-state index contributed by atoms with van der Waals surface area (Å²) in [6.45, 7) is 1.62. The molecule has 1 aromatic heterocycles. The first-order chi connectivity index (χ1) is 8.04. The van der Waals surface area contributed by atoms with Gasteiger partial charge in [-0.2, -0.15) is 0 Å². The van der Waals surface area contributed by atoms with Crippen molar-refractivity contribution in [3.8, 4) is 5.75 Å². The minimum atomic E-state index is -1.58. The fourth-order valence-corrected chi connectivity index (χ4v) is 1.81. The fourth-order valence-electron chi connectivity index (χ4n) is 1.81. The average Bonchev–Trinajstić information content (AvgIpc) is 2.62. The van der Waals surface area contributed by atoms with Gasteiger partial charge in [0.2, 0.25) is 0 Å². The average molecular weight is 236 g/mol. The van der Waals surface area contributed by atoms with Gasteiger partial charge < -0.3 is 19.4 Å². The summed E-state index contributed by atoms with van der Waals surface area (Å²) in [5.41, 5.74) is 0.785. The molecule has 90 valence electrons. The molecule has 0 aliphatic rings. The normalized spacial score (nSPS) is 12.6. The maximum Gasteiger partial charge on any atom is 0.337 e. The number of aryl methyl sites for hydroxylation is 1. The summed E-state index contributed by atoms with van der Waals surface area (Å²) in [6, 6.07) is 5.02. The van der Waals surface area contributed by atoms with E-state index in [1.807, 2.05) is 0 Å². The lowest BCUT2D eigenvalue weighted by molar-refractivity contribution is -0.146. The van der Waals surface area contributed by atoms with Crippen LogP contribution in [-0.4, -0.2) is 23.3 Å². The van der Waals surface area contributed by atoms with E-state index in [1.54, 1.807) is 25.1 Å². The van der Waals surface area contributed by atoms with Gasteiger partial charge in [0, 0.05) is 17.0 Å². The van der Waals surface area contributed by atoms with E-state index in [-0.39, 0.29) is 5.56 Å². The SMILES string of the molecule is COc1ccc2c(C(O)C(=O)O)c(C)oc2c1. The number of rotatable bonds is 3. The van der Waals surface area contributed by atoms with Gasteiger partial charge in [-0.15, -0.1) is 0 Å². The van der Waals surface area contributed by atoms with Crippen LogP contribution in [0, 0.1) is 6.92 Å². The Kier molecular flexibility index (Phi) is 2.77.